The van der Waals surface area contributed by atoms with Gasteiger partial charge in [-0.05, 0) is 55.0 Å². The van der Waals surface area contributed by atoms with Gasteiger partial charge in [0.2, 0.25) is 0 Å². The molecule has 114 valence electrons. The number of halogens is 1. The van der Waals surface area contributed by atoms with Crippen LogP contribution < -0.4 is 10.6 Å². The molecule has 0 radical (unpaired) electrons. The molecule has 0 atom stereocenters. The lowest BCUT2D eigenvalue weighted by Crippen LogP contribution is -2.28. The second-order valence-electron chi connectivity index (χ2n) is 4.61. The number of hydrogen-bond acceptors (Lipinski definition) is 3. The molecule has 0 amide bonds. The number of thiocarbonyl (C=S) groups is 1. The van der Waals surface area contributed by atoms with Crippen LogP contribution in [0.5, 0.6) is 0 Å². The summed E-state index contributed by atoms with van der Waals surface area (Å²) in [6, 6.07) is 8.40. The molecule has 0 saturated carbocycles. The quantitative estimate of drug-likeness (QED) is 0.745. The van der Waals surface area contributed by atoms with Gasteiger partial charge >= 0.3 is 5.97 Å². The highest BCUT2D eigenvalue weighted by molar-refractivity contribution is 7.80. The van der Waals surface area contributed by atoms with Crippen LogP contribution in [0.15, 0.2) is 36.5 Å². The average molecular weight is 336 g/mol. The van der Waals surface area contributed by atoms with Crippen molar-refractivity contribution < 1.29 is 9.90 Å². The molecule has 0 aliphatic carbocycles. The minimum absolute atomic E-state index is 0.194. The zero-order chi connectivity index (χ0) is 16.1. The number of carboxylic acids is 1. The molecular formula is C15H14ClN3O2S. The van der Waals surface area contributed by atoms with E-state index >= 15 is 0 Å². The maximum Gasteiger partial charge on any atom is 0.335 e. The molecule has 3 N–H and O–H groups in total. The van der Waals surface area contributed by atoms with Crippen LogP contribution in [0.25, 0.3) is 0 Å². The first-order valence-electron chi connectivity index (χ1n) is 6.45. The number of carboxylic acid groups (broad SMARTS) is 1. The summed E-state index contributed by atoms with van der Waals surface area (Å²) in [5, 5.41) is 16.1. The van der Waals surface area contributed by atoms with Crippen molar-refractivity contribution in [1.29, 1.82) is 0 Å². The molecule has 5 nitrogen and oxygen atoms in total. The molecule has 1 aromatic carbocycles. The summed E-state index contributed by atoms with van der Waals surface area (Å²) in [7, 11) is 0. The van der Waals surface area contributed by atoms with Crippen LogP contribution in [0.1, 0.15) is 21.6 Å². The van der Waals surface area contributed by atoms with Crippen LogP contribution in [0, 0.1) is 6.92 Å². The van der Waals surface area contributed by atoms with Gasteiger partial charge in [0.25, 0.3) is 0 Å². The fourth-order valence-corrected chi connectivity index (χ4v) is 2.22. The average Bonchev–Trinajstić information content (AvgIpc) is 2.48. The Bertz CT molecular complexity index is 722. The molecule has 2 aromatic rings. The molecule has 1 aromatic heterocycles. The van der Waals surface area contributed by atoms with E-state index in [1.807, 2.05) is 19.1 Å². The van der Waals surface area contributed by atoms with Crippen molar-refractivity contribution in [3.05, 3.63) is 58.4 Å². The topological polar surface area (TPSA) is 74.2 Å². The largest absolute Gasteiger partial charge is 0.478 e. The molecule has 0 fully saturated rings. The van der Waals surface area contributed by atoms with Gasteiger partial charge in [-0.15, -0.1) is 0 Å². The molecule has 0 unspecified atom stereocenters. The third kappa shape index (κ3) is 4.41. The number of hydrogen-bond donors (Lipinski definition) is 3. The molecule has 0 spiro atoms. The Morgan fingerprint density at radius 1 is 1.36 bits per heavy atom. The lowest BCUT2D eigenvalue weighted by atomic mass is 10.2. The van der Waals surface area contributed by atoms with Crippen LogP contribution in [-0.4, -0.2) is 21.2 Å². The summed E-state index contributed by atoms with van der Waals surface area (Å²) in [6.45, 7) is 2.26. The number of nitrogens with one attached hydrogen (secondary N) is 2. The van der Waals surface area contributed by atoms with E-state index < -0.39 is 5.97 Å². The number of benzene rings is 1. The van der Waals surface area contributed by atoms with Gasteiger partial charge in [-0.2, -0.15) is 0 Å². The zero-order valence-corrected chi connectivity index (χ0v) is 13.3. The van der Waals surface area contributed by atoms with E-state index in [0.29, 0.717) is 22.4 Å². The number of rotatable bonds is 4. The number of nitrogens with zero attached hydrogens (tertiary/aromatic N) is 1. The Morgan fingerprint density at radius 3 is 2.82 bits per heavy atom. The van der Waals surface area contributed by atoms with Crippen molar-refractivity contribution >= 4 is 40.6 Å². The smallest absolute Gasteiger partial charge is 0.335 e. The third-order valence-corrected chi connectivity index (χ3v) is 3.41. The molecule has 1 heterocycles. The summed E-state index contributed by atoms with van der Waals surface area (Å²) >= 11 is 11.1. The van der Waals surface area contributed by atoms with Gasteiger partial charge in [-0.3, -0.25) is 4.98 Å². The lowest BCUT2D eigenvalue weighted by molar-refractivity contribution is 0.0696. The van der Waals surface area contributed by atoms with Gasteiger partial charge in [-0.25, -0.2) is 4.79 Å². The maximum absolute atomic E-state index is 10.9. The second-order valence-corrected chi connectivity index (χ2v) is 5.45. The van der Waals surface area contributed by atoms with Gasteiger partial charge in [0.05, 0.1) is 17.8 Å². The molecule has 2 rings (SSSR count). The van der Waals surface area contributed by atoms with Crippen molar-refractivity contribution in [2.75, 3.05) is 5.32 Å². The summed E-state index contributed by atoms with van der Waals surface area (Å²) in [5.74, 6) is -0.985. The van der Waals surface area contributed by atoms with Gasteiger partial charge in [-0.1, -0.05) is 11.6 Å². The molecule has 0 aliphatic heterocycles. The number of pyridine rings is 1. The van der Waals surface area contributed by atoms with E-state index in [9.17, 15) is 4.79 Å². The Hall–Kier alpha value is -2.18. The first-order chi connectivity index (χ1) is 10.5. The van der Waals surface area contributed by atoms with Crippen LogP contribution in [0.3, 0.4) is 0 Å². The first kappa shape index (κ1) is 16.2. The van der Waals surface area contributed by atoms with Crippen LogP contribution >= 0.6 is 23.8 Å². The Labute approximate surface area is 138 Å². The third-order valence-electron chi connectivity index (χ3n) is 2.93. The van der Waals surface area contributed by atoms with Gasteiger partial charge < -0.3 is 15.7 Å². The van der Waals surface area contributed by atoms with Gasteiger partial charge in [0, 0.05) is 16.9 Å². The van der Waals surface area contributed by atoms with E-state index in [-0.39, 0.29) is 5.56 Å². The summed E-state index contributed by atoms with van der Waals surface area (Å²) in [6.07, 6.45) is 1.46. The van der Waals surface area contributed by atoms with E-state index in [4.69, 9.17) is 28.9 Å². The van der Waals surface area contributed by atoms with Crippen LogP contribution in [0.4, 0.5) is 5.69 Å². The van der Waals surface area contributed by atoms with E-state index in [0.717, 1.165) is 11.3 Å². The predicted molar refractivity (Wildman–Crippen MR) is 90.4 cm³/mol. The van der Waals surface area contributed by atoms with Crippen LogP contribution in [0.2, 0.25) is 5.02 Å². The summed E-state index contributed by atoms with van der Waals surface area (Å²) < 4.78 is 0. The van der Waals surface area contributed by atoms with Crippen molar-refractivity contribution in [3.8, 4) is 0 Å². The maximum atomic E-state index is 10.9. The van der Waals surface area contributed by atoms with Gasteiger partial charge in [0.1, 0.15) is 0 Å². The highest BCUT2D eigenvalue weighted by Gasteiger charge is 2.06. The van der Waals surface area contributed by atoms with Crippen molar-refractivity contribution in [1.82, 2.24) is 10.3 Å². The predicted octanol–water partition coefficient (Wildman–Crippen LogP) is 3.23. The Kier molecular flexibility index (Phi) is 5.30. The number of aromatic carboxylic acids is 1. The minimum Gasteiger partial charge on any atom is -0.478 e. The first-order valence-corrected chi connectivity index (χ1v) is 7.23. The SMILES string of the molecule is Cc1cc(Cl)ccc1NC(=S)NCc1cc(C(=O)O)ccn1. The van der Waals surface area contributed by atoms with Crippen molar-refractivity contribution in [2.24, 2.45) is 0 Å². The molecular weight excluding hydrogens is 322 g/mol. The molecule has 0 aliphatic rings. The normalized spacial score (nSPS) is 10.1. The summed E-state index contributed by atoms with van der Waals surface area (Å²) in [5.41, 5.74) is 2.62. The van der Waals surface area contributed by atoms with Crippen molar-refractivity contribution in [3.63, 3.8) is 0 Å². The number of aryl methyl sites for hydroxylation is 1. The molecule has 0 saturated heterocycles. The number of carbonyl (C=O) groups is 1. The van der Waals surface area contributed by atoms with Gasteiger partial charge in [0.15, 0.2) is 5.11 Å². The standard InChI is InChI=1S/C15H14ClN3O2S/c1-9-6-11(16)2-3-13(9)19-15(22)18-8-12-7-10(14(20)21)4-5-17-12/h2-7H,8H2,1H3,(H,20,21)(H2,18,19,22). The van der Waals surface area contributed by atoms with Crippen molar-refractivity contribution in [2.45, 2.75) is 13.5 Å². The Morgan fingerprint density at radius 2 is 2.14 bits per heavy atom. The molecule has 22 heavy (non-hydrogen) atoms. The zero-order valence-electron chi connectivity index (χ0n) is 11.8. The van der Waals surface area contributed by atoms with E-state index in [2.05, 4.69) is 15.6 Å². The number of anilines is 1. The lowest BCUT2D eigenvalue weighted by Gasteiger charge is -2.12. The monoisotopic (exact) mass is 335 g/mol. The fraction of sp³-hybridized carbons (Fsp3) is 0.133. The molecule has 0 bridgehead atoms. The Balaban J connectivity index is 1.95. The summed E-state index contributed by atoms with van der Waals surface area (Å²) in [4.78, 5) is 15.0. The second kappa shape index (κ2) is 7.20. The van der Waals surface area contributed by atoms with Crippen LogP contribution in [-0.2, 0) is 6.54 Å². The van der Waals surface area contributed by atoms with E-state index in [1.54, 1.807) is 6.07 Å². The number of aromatic nitrogens is 1. The highest BCUT2D eigenvalue weighted by Crippen LogP contribution is 2.19. The minimum atomic E-state index is -0.985. The fourth-order valence-electron chi connectivity index (χ4n) is 1.81. The van der Waals surface area contributed by atoms with E-state index in [1.165, 1.54) is 18.3 Å². The highest BCUT2D eigenvalue weighted by atomic mass is 35.5. The molecule has 7 heteroatoms.